The van der Waals surface area contributed by atoms with Gasteiger partial charge in [0.15, 0.2) is 0 Å². The van der Waals surface area contributed by atoms with Crippen LogP contribution < -0.4 is 10.6 Å². The van der Waals surface area contributed by atoms with Crippen LogP contribution in [0.15, 0.2) is 24.4 Å². The van der Waals surface area contributed by atoms with Gasteiger partial charge in [-0.15, -0.1) is 0 Å². The molecule has 30 heavy (non-hydrogen) atoms. The number of carbonyl (C=O) groups excluding carboxylic acids is 4. The van der Waals surface area contributed by atoms with Crippen LogP contribution in [0.1, 0.15) is 65.6 Å². The molecule has 1 atom stereocenters. The average molecular weight is 409 g/mol. The van der Waals surface area contributed by atoms with E-state index in [9.17, 15) is 19.2 Å². The summed E-state index contributed by atoms with van der Waals surface area (Å²) in [6.45, 7) is 6.25. The largest absolute Gasteiger partial charge is 0.322 e. The number of imide groups is 1. The molecule has 2 aliphatic rings. The van der Waals surface area contributed by atoms with Crippen molar-refractivity contribution in [3.8, 4) is 0 Å². The summed E-state index contributed by atoms with van der Waals surface area (Å²) in [5, 5.41) is 11.9. The monoisotopic (exact) mass is 409 g/mol. The molecule has 2 aliphatic heterocycles. The van der Waals surface area contributed by atoms with E-state index in [4.69, 9.17) is 0 Å². The van der Waals surface area contributed by atoms with Crippen LogP contribution in [0.25, 0.3) is 0 Å². The summed E-state index contributed by atoms with van der Waals surface area (Å²) < 4.78 is 0. The third-order valence-corrected chi connectivity index (χ3v) is 5.46. The first-order valence-electron chi connectivity index (χ1n) is 9.78. The van der Waals surface area contributed by atoms with E-state index in [1.54, 1.807) is 24.4 Å². The lowest BCUT2D eigenvalue weighted by Gasteiger charge is -2.29. The molecule has 4 amide bonds. The van der Waals surface area contributed by atoms with Gasteiger partial charge in [-0.1, -0.05) is 20.8 Å². The minimum atomic E-state index is -0.667. The van der Waals surface area contributed by atoms with E-state index in [2.05, 4.69) is 20.8 Å². The van der Waals surface area contributed by atoms with Gasteiger partial charge in [0.05, 0.1) is 6.20 Å². The maximum atomic E-state index is 12.8. The first-order chi connectivity index (χ1) is 14.1. The van der Waals surface area contributed by atoms with Crippen molar-refractivity contribution in [2.24, 2.45) is 0 Å². The van der Waals surface area contributed by atoms with E-state index in [1.165, 1.54) is 4.90 Å². The van der Waals surface area contributed by atoms with Crippen LogP contribution in [-0.4, -0.2) is 44.8 Å². The first-order valence-corrected chi connectivity index (χ1v) is 9.78. The number of aromatic amines is 1. The van der Waals surface area contributed by atoms with Gasteiger partial charge in [-0.05, 0) is 35.6 Å². The Bertz CT molecular complexity index is 1070. The van der Waals surface area contributed by atoms with Crippen molar-refractivity contribution in [2.75, 3.05) is 5.32 Å². The molecule has 9 nitrogen and oxygen atoms in total. The summed E-state index contributed by atoms with van der Waals surface area (Å²) >= 11 is 0. The fraction of sp³-hybridized carbons (Fsp3) is 0.381. The number of rotatable bonds is 3. The number of amides is 4. The summed E-state index contributed by atoms with van der Waals surface area (Å²) in [4.78, 5) is 50.5. The lowest BCUT2D eigenvalue weighted by molar-refractivity contribution is -0.136. The number of benzene rings is 1. The molecule has 1 saturated heterocycles. The number of carbonyl (C=O) groups is 4. The quantitative estimate of drug-likeness (QED) is 0.666. The fourth-order valence-electron chi connectivity index (χ4n) is 3.87. The van der Waals surface area contributed by atoms with Crippen LogP contribution in [0.4, 0.5) is 5.69 Å². The molecule has 156 valence electrons. The average Bonchev–Trinajstić information content (AvgIpc) is 3.27. The molecule has 1 aromatic carbocycles. The van der Waals surface area contributed by atoms with E-state index in [0.29, 0.717) is 23.4 Å². The first kappa shape index (κ1) is 19.8. The predicted octanol–water partition coefficient (Wildman–Crippen LogP) is 1.72. The van der Waals surface area contributed by atoms with Crippen molar-refractivity contribution in [1.82, 2.24) is 20.4 Å². The summed E-state index contributed by atoms with van der Waals surface area (Å²) in [5.74, 6) is -1.33. The SMILES string of the molecule is CC(C)(C)c1cn[nH]c1C(=O)Nc1ccc2c(c1)CN(C1CCC(=O)NC1=O)C2=O. The number of hydrogen-bond donors (Lipinski definition) is 3. The van der Waals surface area contributed by atoms with Crippen molar-refractivity contribution in [1.29, 1.82) is 0 Å². The van der Waals surface area contributed by atoms with Crippen molar-refractivity contribution in [3.05, 3.63) is 46.8 Å². The summed E-state index contributed by atoms with van der Waals surface area (Å²) in [7, 11) is 0. The zero-order chi connectivity index (χ0) is 21.6. The second-order valence-electron chi connectivity index (χ2n) is 8.63. The van der Waals surface area contributed by atoms with Gasteiger partial charge in [-0.3, -0.25) is 29.6 Å². The number of hydrogen-bond acceptors (Lipinski definition) is 5. The van der Waals surface area contributed by atoms with Crippen LogP contribution >= 0.6 is 0 Å². The van der Waals surface area contributed by atoms with Crippen LogP contribution in [0.3, 0.4) is 0 Å². The van der Waals surface area contributed by atoms with Crippen LogP contribution in [0.2, 0.25) is 0 Å². The summed E-state index contributed by atoms with van der Waals surface area (Å²) in [5.41, 5.74) is 2.72. The van der Waals surface area contributed by atoms with E-state index >= 15 is 0 Å². The van der Waals surface area contributed by atoms with Gasteiger partial charge < -0.3 is 10.2 Å². The van der Waals surface area contributed by atoms with Gasteiger partial charge in [0.2, 0.25) is 11.8 Å². The summed E-state index contributed by atoms with van der Waals surface area (Å²) in [6.07, 6.45) is 2.16. The highest BCUT2D eigenvalue weighted by molar-refractivity contribution is 6.07. The van der Waals surface area contributed by atoms with Crippen LogP contribution in [0.5, 0.6) is 0 Å². The van der Waals surface area contributed by atoms with Gasteiger partial charge in [0.25, 0.3) is 11.8 Å². The Kier molecular flexibility index (Phi) is 4.68. The fourth-order valence-corrected chi connectivity index (χ4v) is 3.87. The third kappa shape index (κ3) is 3.47. The second-order valence-corrected chi connectivity index (χ2v) is 8.63. The van der Waals surface area contributed by atoms with Crippen LogP contribution in [-0.2, 0) is 21.5 Å². The van der Waals surface area contributed by atoms with E-state index < -0.39 is 11.9 Å². The Morgan fingerprint density at radius 2 is 2.00 bits per heavy atom. The second kappa shape index (κ2) is 7.08. The Morgan fingerprint density at radius 3 is 2.70 bits per heavy atom. The molecule has 4 rings (SSSR count). The molecular weight excluding hydrogens is 386 g/mol. The Balaban J connectivity index is 1.52. The van der Waals surface area contributed by atoms with Gasteiger partial charge in [0, 0.05) is 29.8 Å². The molecule has 0 bridgehead atoms. The number of H-pyrrole nitrogens is 1. The number of aromatic nitrogens is 2. The number of fused-ring (bicyclic) bond motifs is 1. The Hall–Kier alpha value is -3.49. The van der Waals surface area contributed by atoms with Gasteiger partial charge in [-0.25, -0.2) is 0 Å². The number of nitrogens with one attached hydrogen (secondary N) is 3. The molecule has 1 unspecified atom stereocenters. The zero-order valence-corrected chi connectivity index (χ0v) is 17.0. The van der Waals surface area contributed by atoms with Crippen molar-refractivity contribution in [2.45, 2.75) is 51.6 Å². The predicted molar refractivity (Wildman–Crippen MR) is 108 cm³/mol. The van der Waals surface area contributed by atoms with Crippen molar-refractivity contribution < 1.29 is 19.2 Å². The third-order valence-electron chi connectivity index (χ3n) is 5.46. The van der Waals surface area contributed by atoms with Crippen molar-refractivity contribution >= 4 is 29.3 Å². The lowest BCUT2D eigenvalue weighted by Crippen LogP contribution is -2.52. The van der Waals surface area contributed by atoms with E-state index in [-0.39, 0.29) is 36.1 Å². The van der Waals surface area contributed by atoms with Gasteiger partial charge in [0.1, 0.15) is 11.7 Å². The van der Waals surface area contributed by atoms with Crippen molar-refractivity contribution in [3.63, 3.8) is 0 Å². The van der Waals surface area contributed by atoms with Gasteiger partial charge in [-0.2, -0.15) is 5.10 Å². The molecule has 0 aliphatic carbocycles. The Labute approximate surface area is 173 Å². The molecule has 0 radical (unpaired) electrons. The minimum absolute atomic E-state index is 0.206. The molecule has 1 fully saturated rings. The topological polar surface area (TPSA) is 124 Å². The Morgan fingerprint density at radius 1 is 1.23 bits per heavy atom. The standard InChI is InChI=1S/C21H23N5O4/c1-21(2,3)14-9-22-25-17(14)19(29)23-12-4-5-13-11(8-12)10-26(20(13)30)15-6-7-16(27)24-18(15)28/h4-5,8-9,15H,6-7,10H2,1-3H3,(H,22,25)(H,23,29)(H,24,27,28). The minimum Gasteiger partial charge on any atom is -0.322 e. The van der Waals surface area contributed by atoms with E-state index in [0.717, 1.165) is 11.1 Å². The highest BCUT2D eigenvalue weighted by Gasteiger charge is 2.39. The maximum Gasteiger partial charge on any atom is 0.273 e. The number of nitrogens with zero attached hydrogens (tertiary/aromatic N) is 2. The molecule has 3 heterocycles. The molecular formula is C21H23N5O4. The van der Waals surface area contributed by atoms with E-state index in [1.807, 2.05) is 20.8 Å². The summed E-state index contributed by atoms with van der Waals surface area (Å²) in [6, 6.07) is 4.39. The molecule has 0 spiro atoms. The highest BCUT2D eigenvalue weighted by Crippen LogP contribution is 2.30. The zero-order valence-electron chi connectivity index (χ0n) is 17.0. The maximum absolute atomic E-state index is 12.8. The smallest absolute Gasteiger partial charge is 0.273 e. The highest BCUT2D eigenvalue weighted by atomic mass is 16.2. The lowest BCUT2D eigenvalue weighted by atomic mass is 9.87. The van der Waals surface area contributed by atoms with Crippen LogP contribution in [0, 0.1) is 0 Å². The molecule has 1 aromatic heterocycles. The number of anilines is 1. The molecule has 0 saturated carbocycles. The van der Waals surface area contributed by atoms with Gasteiger partial charge >= 0.3 is 0 Å². The molecule has 3 N–H and O–H groups in total. The molecule has 2 aromatic rings. The molecule has 9 heteroatoms. The number of piperidine rings is 1. The normalized spacial score (nSPS) is 19.0.